The highest BCUT2D eigenvalue weighted by Crippen LogP contribution is 2.30. The molecule has 26 heavy (non-hydrogen) atoms. The van der Waals surface area contributed by atoms with E-state index in [1.807, 2.05) is 29.8 Å². The predicted molar refractivity (Wildman–Crippen MR) is 97.5 cm³/mol. The average molecular weight is 351 g/mol. The van der Waals surface area contributed by atoms with Gasteiger partial charge < -0.3 is 0 Å². The number of aryl methyl sites for hydroxylation is 1. The van der Waals surface area contributed by atoms with E-state index >= 15 is 0 Å². The Hall–Kier alpha value is -2.60. The Balaban J connectivity index is 1.45. The molecule has 0 saturated carbocycles. The van der Waals surface area contributed by atoms with Gasteiger partial charge in [0.2, 0.25) is 0 Å². The van der Waals surface area contributed by atoms with Crippen molar-refractivity contribution in [3.8, 4) is 5.82 Å². The molecule has 0 aliphatic carbocycles. The molecule has 0 spiro atoms. The Kier molecular flexibility index (Phi) is 4.75. The first-order valence-electron chi connectivity index (χ1n) is 8.99. The van der Waals surface area contributed by atoms with E-state index < -0.39 is 0 Å². The molecule has 1 fully saturated rings. The highest BCUT2D eigenvalue weighted by molar-refractivity contribution is 5.32. The van der Waals surface area contributed by atoms with E-state index in [2.05, 4.69) is 19.9 Å². The van der Waals surface area contributed by atoms with Crippen LogP contribution in [0.15, 0.2) is 49.1 Å². The smallest absolute Gasteiger partial charge is 0.160 e. The maximum Gasteiger partial charge on any atom is 0.160 e. The largest absolute Gasteiger partial charge is 0.299 e. The van der Waals surface area contributed by atoms with Gasteiger partial charge in [-0.05, 0) is 50.6 Å². The summed E-state index contributed by atoms with van der Waals surface area (Å²) in [6.45, 7) is 4.84. The van der Waals surface area contributed by atoms with Crippen LogP contribution in [0.1, 0.15) is 35.8 Å². The Bertz CT molecular complexity index is 866. The Morgan fingerprint density at radius 1 is 1.00 bits per heavy atom. The van der Waals surface area contributed by atoms with Crippen LogP contribution >= 0.6 is 0 Å². The molecule has 0 unspecified atom stereocenters. The molecule has 1 aromatic carbocycles. The molecule has 3 heterocycles. The van der Waals surface area contributed by atoms with Crippen LogP contribution in [0.4, 0.5) is 4.39 Å². The molecule has 4 rings (SSSR count). The summed E-state index contributed by atoms with van der Waals surface area (Å²) in [6, 6.07) is 6.79. The summed E-state index contributed by atoms with van der Waals surface area (Å²) >= 11 is 0. The summed E-state index contributed by atoms with van der Waals surface area (Å²) < 4.78 is 15.1. The first-order chi connectivity index (χ1) is 12.7. The van der Waals surface area contributed by atoms with Crippen LogP contribution in [0.25, 0.3) is 5.82 Å². The van der Waals surface area contributed by atoms with Gasteiger partial charge in [0.25, 0.3) is 0 Å². The molecule has 1 aliphatic rings. The van der Waals surface area contributed by atoms with Crippen molar-refractivity contribution in [1.29, 1.82) is 0 Å². The first kappa shape index (κ1) is 16.8. The topological polar surface area (TPSA) is 46.8 Å². The van der Waals surface area contributed by atoms with E-state index in [1.54, 1.807) is 18.6 Å². The molecule has 0 bridgehead atoms. The van der Waals surface area contributed by atoms with Crippen LogP contribution in [0, 0.1) is 12.7 Å². The van der Waals surface area contributed by atoms with Gasteiger partial charge in [0.1, 0.15) is 11.6 Å². The highest BCUT2D eigenvalue weighted by Gasteiger charge is 2.25. The van der Waals surface area contributed by atoms with Crippen LogP contribution in [0.3, 0.4) is 0 Å². The third-order valence-corrected chi connectivity index (χ3v) is 5.05. The summed E-state index contributed by atoms with van der Waals surface area (Å²) in [5.41, 5.74) is 2.20. The standard InChI is InChI=1S/C20H22FN5/c1-15-22-10-13-26(15)20-19(23-8-9-24-20)17-6-11-25(12-7-17)14-16-2-4-18(21)5-3-16/h2-5,8-10,13,17H,6-7,11-12,14H2,1H3. The Morgan fingerprint density at radius 3 is 2.42 bits per heavy atom. The first-order valence-corrected chi connectivity index (χ1v) is 8.99. The van der Waals surface area contributed by atoms with Gasteiger partial charge in [0.15, 0.2) is 5.82 Å². The lowest BCUT2D eigenvalue weighted by Gasteiger charge is -2.32. The second-order valence-electron chi connectivity index (χ2n) is 6.79. The SMILES string of the molecule is Cc1nccn1-c1nccnc1C1CCN(Cc2ccc(F)cc2)CC1. The van der Waals surface area contributed by atoms with E-state index in [-0.39, 0.29) is 5.82 Å². The Morgan fingerprint density at radius 2 is 1.73 bits per heavy atom. The zero-order valence-corrected chi connectivity index (χ0v) is 14.8. The van der Waals surface area contributed by atoms with Gasteiger partial charge in [-0.1, -0.05) is 12.1 Å². The third kappa shape index (κ3) is 3.51. The molecule has 1 saturated heterocycles. The van der Waals surface area contributed by atoms with Gasteiger partial charge in [-0.3, -0.25) is 14.5 Å². The molecule has 1 aliphatic heterocycles. The lowest BCUT2D eigenvalue weighted by Crippen LogP contribution is -2.33. The number of rotatable bonds is 4. The van der Waals surface area contributed by atoms with E-state index in [4.69, 9.17) is 0 Å². The fourth-order valence-electron chi connectivity index (χ4n) is 3.63. The normalized spacial score (nSPS) is 16.1. The molecule has 5 nitrogen and oxygen atoms in total. The molecular weight excluding hydrogens is 329 g/mol. The maximum absolute atomic E-state index is 13.1. The number of hydrogen-bond donors (Lipinski definition) is 0. The molecule has 0 atom stereocenters. The second-order valence-corrected chi connectivity index (χ2v) is 6.79. The maximum atomic E-state index is 13.1. The van der Waals surface area contributed by atoms with Crippen LogP contribution in [0.5, 0.6) is 0 Å². The minimum absolute atomic E-state index is 0.183. The van der Waals surface area contributed by atoms with Gasteiger partial charge in [-0.25, -0.2) is 14.4 Å². The predicted octanol–water partition coefficient (Wildman–Crippen LogP) is 3.49. The molecule has 0 amide bonds. The second kappa shape index (κ2) is 7.33. The monoisotopic (exact) mass is 351 g/mol. The molecule has 3 aromatic rings. The van der Waals surface area contributed by atoms with Gasteiger partial charge in [0, 0.05) is 37.3 Å². The van der Waals surface area contributed by atoms with Crippen molar-refractivity contribution in [1.82, 2.24) is 24.4 Å². The van der Waals surface area contributed by atoms with Crippen LogP contribution in [-0.2, 0) is 6.54 Å². The minimum Gasteiger partial charge on any atom is -0.299 e. The van der Waals surface area contributed by atoms with E-state index in [0.29, 0.717) is 5.92 Å². The van der Waals surface area contributed by atoms with Gasteiger partial charge in [0.05, 0.1) is 5.69 Å². The number of nitrogens with zero attached hydrogens (tertiary/aromatic N) is 5. The van der Waals surface area contributed by atoms with Gasteiger partial charge >= 0.3 is 0 Å². The zero-order valence-electron chi connectivity index (χ0n) is 14.8. The minimum atomic E-state index is -0.183. The number of piperidine rings is 1. The average Bonchev–Trinajstić information content (AvgIpc) is 3.10. The molecule has 0 radical (unpaired) electrons. The molecule has 134 valence electrons. The van der Waals surface area contributed by atoms with Crippen LogP contribution in [0.2, 0.25) is 0 Å². The van der Waals surface area contributed by atoms with Crippen molar-refractivity contribution >= 4 is 0 Å². The Labute approximate surface area is 152 Å². The number of benzene rings is 1. The quantitative estimate of drug-likeness (QED) is 0.722. The number of halogens is 1. The van der Waals surface area contributed by atoms with Crippen molar-refractivity contribution in [3.05, 3.63) is 72.0 Å². The van der Waals surface area contributed by atoms with Crippen molar-refractivity contribution in [3.63, 3.8) is 0 Å². The summed E-state index contributed by atoms with van der Waals surface area (Å²) in [5.74, 6) is 2.02. The van der Waals surface area contributed by atoms with E-state index in [9.17, 15) is 4.39 Å². The molecule has 0 N–H and O–H groups in total. The van der Waals surface area contributed by atoms with E-state index in [0.717, 1.165) is 55.4 Å². The number of hydrogen-bond acceptors (Lipinski definition) is 4. The van der Waals surface area contributed by atoms with Crippen molar-refractivity contribution in [2.24, 2.45) is 0 Å². The van der Waals surface area contributed by atoms with Crippen molar-refractivity contribution in [2.75, 3.05) is 13.1 Å². The lowest BCUT2D eigenvalue weighted by atomic mass is 9.92. The molecule has 2 aromatic heterocycles. The third-order valence-electron chi connectivity index (χ3n) is 5.05. The van der Waals surface area contributed by atoms with Gasteiger partial charge in [-0.2, -0.15) is 0 Å². The van der Waals surface area contributed by atoms with Crippen LogP contribution in [-0.4, -0.2) is 37.5 Å². The summed E-state index contributed by atoms with van der Waals surface area (Å²) in [7, 11) is 0. The van der Waals surface area contributed by atoms with Crippen molar-refractivity contribution in [2.45, 2.75) is 32.2 Å². The summed E-state index contributed by atoms with van der Waals surface area (Å²) in [5, 5.41) is 0. The molecule has 6 heteroatoms. The number of likely N-dealkylation sites (tertiary alicyclic amines) is 1. The molecular formula is C20H22FN5. The highest BCUT2D eigenvalue weighted by atomic mass is 19.1. The number of aromatic nitrogens is 4. The van der Waals surface area contributed by atoms with Gasteiger partial charge in [-0.15, -0.1) is 0 Å². The van der Waals surface area contributed by atoms with E-state index in [1.165, 1.54) is 12.1 Å². The van der Waals surface area contributed by atoms with Crippen molar-refractivity contribution < 1.29 is 4.39 Å². The fourth-order valence-corrected chi connectivity index (χ4v) is 3.63. The summed E-state index contributed by atoms with van der Waals surface area (Å²) in [4.78, 5) is 15.9. The summed E-state index contributed by atoms with van der Waals surface area (Å²) in [6.07, 6.45) is 9.32. The van der Waals surface area contributed by atoms with Crippen LogP contribution < -0.4 is 0 Å². The fraction of sp³-hybridized carbons (Fsp3) is 0.350. The lowest BCUT2D eigenvalue weighted by molar-refractivity contribution is 0.203. The number of imidazole rings is 1. The zero-order chi connectivity index (χ0) is 17.9.